The van der Waals surface area contributed by atoms with Crippen molar-refractivity contribution >= 4 is 40.6 Å². The van der Waals surface area contributed by atoms with E-state index in [2.05, 4.69) is 6.07 Å². The highest BCUT2D eigenvalue weighted by molar-refractivity contribution is 6.31. The number of urea groups is 1. The van der Waals surface area contributed by atoms with E-state index in [0.29, 0.717) is 39.0 Å². The normalized spacial score (nSPS) is 20.5. The molecular formula is C25H21Cl2N3O2. The van der Waals surface area contributed by atoms with E-state index in [4.69, 9.17) is 23.2 Å². The van der Waals surface area contributed by atoms with E-state index in [1.807, 2.05) is 6.92 Å². The Morgan fingerprint density at radius 3 is 2.16 bits per heavy atom. The molecule has 0 aromatic heterocycles. The van der Waals surface area contributed by atoms with Gasteiger partial charge in [0.05, 0.1) is 17.7 Å². The summed E-state index contributed by atoms with van der Waals surface area (Å²) in [4.78, 5) is 16.9. The first kappa shape index (κ1) is 22.2. The molecule has 1 N–H and O–H groups in total. The summed E-state index contributed by atoms with van der Waals surface area (Å²) in [6.07, 6.45) is 1.27. The van der Waals surface area contributed by atoms with Gasteiger partial charge in [-0.15, -0.1) is 0 Å². The van der Waals surface area contributed by atoms with E-state index in [-0.39, 0.29) is 6.03 Å². The van der Waals surface area contributed by atoms with Crippen molar-refractivity contribution in [3.05, 3.63) is 94.0 Å². The van der Waals surface area contributed by atoms with Crippen molar-refractivity contribution in [2.45, 2.75) is 31.5 Å². The van der Waals surface area contributed by atoms with Gasteiger partial charge in [-0.1, -0.05) is 48.7 Å². The second kappa shape index (κ2) is 8.84. The molecule has 0 radical (unpaired) electrons. The van der Waals surface area contributed by atoms with Gasteiger partial charge in [-0.05, 0) is 67.1 Å². The number of nitrogens with zero attached hydrogens (tertiary/aromatic N) is 3. The van der Waals surface area contributed by atoms with Crippen LogP contribution in [0.4, 0.5) is 16.2 Å². The third kappa shape index (κ3) is 3.71. The van der Waals surface area contributed by atoms with Crippen LogP contribution < -0.4 is 9.80 Å². The predicted octanol–water partition coefficient (Wildman–Crippen LogP) is 6.33. The van der Waals surface area contributed by atoms with Gasteiger partial charge in [0.15, 0.2) is 5.72 Å². The summed E-state index contributed by atoms with van der Waals surface area (Å²) in [5.74, 6) is 0. The van der Waals surface area contributed by atoms with Crippen LogP contribution in [0.2, 0.25) is 10.0 Å². The highest BCUT2D eigenvalue weighted by Gasteiger charge is 2.58. The molecule has 5 nitrogen and oxygen atoms in total. The molecule has 2 amide bonds. The number of nitriles is 1. The number of hydrogen-bond donors (Lipinski definition) is 1. The average Bonchev–Trinajstić information content (AvgIpc) is 3.03. The van der Waals surface area contributed by atoms with Gasteiger partial charge >= 0.3 is 6.03 Å². The van der Waals surface area contributed by atoms with Crippen LogP contribution in [0.1, 0.15) is 30.9 Å². The van der Waals surface area contributed by atoms with Gasteiger partial charge in [0.25, 0.3) is 0 Å². The molecule has 1 heterocycles. The predicted molar refractivity (Wildman–Crippen MR) is 127 cm³/mol. The van der Waals surface area contributed by atoms with Crippen molar-refractivity contribution in [1.29, 1.82) is 5.26 Å². The molecule has 0 saturated carbocycles. The quantitative estimate of drug-likeness (QED) is 0.478. The zero-order chi connectivity index (χ0) is 22.9. The molecule has 0 bridgehead atoms. The molecule has 0 spiro atoms. The molecule has 1 aliphatic rings. The molecule has 3 aromatic carbocycles. The monoisotopic (exact) mass is 465 g/mol. The molecule has 2 unspecified atom stereocenters. The summed E-state index contributed by atoms with van der Waals surface area (Å²) >= 11 is 12.1. The number of hydrogen-bond acceptors (Lipinski definition) is 3. The number of carbonyl (C=O) groups excluding carboxylic acids is 1. The Labute approximate surface area is 197 Å². The number of rotatable bonds is 5. The van der Waals surface area contributed by atoms with E-state index in [1.54, 1.807) is 77.7 Å². The minimum Gasteiger partial charge on any atom is -0.365 e. The van der Waals surface area contributed by atoms with Crippen molar-refractivity contribution in [2.75, 3.05) is 9.80 Å². The lowest BCUT2D eigenvalue weighted by Gasteiger charge is -2.37. The fourth-order valence-corrected chi connectivity index (χ4v) is 4.50. The Kier molecular flexibility index (Phi) is 6.12. The van der Waals surface area contributed by atoms with Crippen molar-refractivity contribution in [1.82, 2.24) is 0 Å². The Morgan fingerprint density at radius 2 is 1.59 bits per heavy atom. The fourth-order valence-electron chi connectivity index (χ4n) is 4.25. The van der Waals surface area contributed by atoms with E-state index in [0.717, 1.165) is 6.42 Å². The zero-order valence-corrected chi connectivity index (χ0v) is 18.9. The van der Waals surface area contributed by atoms with E-state index < -0.39 is 11.8 Å². The van der Waals surface area contributed by atoms with Gasteiger partial charge < -0.3 is 5.11 Å². The lowest BCUT2D eigenvalue weighted by molar-refractivity contribution is 0.0290. The second-order valence-electron chi connectivity index (χ2n) is 7.66. The van der Waals surface area contributed by atoms with Crippen molar-refractivity contribution in [3.63, 3.8) is 0 Å². The van der Waals surface area contributed by atoms with E-state index in [9.17, 15) is 15.2 Å². The highest BCUT2D eigenvalue weighted by atomic mass is 35.5. The Balaban J connectivity index is 1.96. The number of anilines is 2. The highest BCUT2D eigenvalue weighted by Crippen LogP contribution is 2.46. The molecule has 7 heteroatoms. The van der Waals surface area contributed by atoms with Crippen LogP contribution in [0.25, 0.3) is 0 Å². The molecule has 162 valence electrons. The SMILES string of the molecule is CCCC1N(c2ccc(Cl)cc2)C(=O)N(c2ccc(Cl)cc2)C1(O)c1cccc(C#N)c1. The maximum absolute atomic E-state index is 13.9. The van der Waals surface area contributed by atoms with Crippen molar-refractivity contribution in [2.24, 2.45) is 0 Å². The summed E-state index contributed by atoms with van der Waals surface area (Å²) in [7, 11) is 0. The van der Waals surface area contributed by atoms with E-state index >= 15 is 0 Å². The molecule has 2 atom stereocenters. The second-order valence-corrected chi connectivity index (χ2v) is 8.54. The Morgan fingerprint density at radius 1 is 1.00 bits per heavy atom. The van der Waals surface area contributed by atoms with Gasteiger partial charge in [0, 0.05) is 27.0 Å². The Bertz CT molecular complexity index is 1180. The number of benzene rings is 3. The Hall–Kier alpha value is -3.04. The standard InChI is InChI=1S/C25H21Cl2N3O2/c1-2-4-23-25(32,18-6-3-5-17(15-18)16-28)30(22-13-9-20(27)10-14-22)24(31)29(23)21-11-7-19(26)8-12-21/h3,5-15,23,32H,2,4H2,1H3. The van der Waals surface area contributed by atoms with Crippen LogP contribution in [0.3, 0.4) is 0 Å². The summed E-state index contributed by atoms with van der Waals surface area (Å²) in [6, 6.07) is 21.6. The molecule has 3 aromatic rings. The summed E-state index contributed by atoms with van der Waals surface area (Å²) in [5, 5.41) is 22.8. The fraction of sp³-hybridized carbons (Fsp3) is 0.200. The first-order valence-electron chi connectivity index (χ1n) is 10.3. The summed E-state index contributed by atoms with van der Waals surface area (Å²) < 4.78 is 0. The molecular weight excluding hydrogens is 445 g/mol. The van der Waals surface area contributed by atoms with Gasteiger partial charge in [0.2, 0.25) is 0 Å². The lowest BCUT2D eigenvalue weighted by atomic mass is 9.89. The van der Waals surface area contributed by atoms with Crippen LogP contribution in [0.5, 0.6) is 0 Å². The lowest BCUT2D eigenvalue weighted by Crippen LogP contribution is -2.49. The number of halogens is 2. The molecule has 1 aliphatic heterocycles. The minimum atomic E-state index is -1.71. The summed E-state index contributed by atoms with van der Waals surface area (Å²) in [6.45, 7) is 2.00. The van der Waals surface area contributed by atoms with Crippen LogP contribution in [-0.4, -0.2) is 17.2 Å². The van der Waals surface area contributed by atoms with Crippen LogP contribution in [0.15, 0.2) is 72.8 Å². The maximum Gasteiger partial charge on any atom is 0.332 e. The van der Waals surface area contributed by atoms with Crippen LogP contribution >= 0.6 is 23.2 Å². The van der Waals surface area contributed by atoms with Gasteiger partial charge in [-0.3, -0.25) is 9.80 Å². The first-order valence-corrected chi connectivity index (χ1v) is 11.0. The van der Waals surface area contributed by atoms with Crippen LogP contribution in [0, 0.1) is 11.3 Å². The van der Waals surface area contributed by atoms with E-state index in [1.165, 1.54) is 4.90 Å². The molecule has 1 fully saturated rings. The van der Waals surface area contributed by atoms with Gasteiger partial charge in [-0.25, -0.2) is 4.79 Å². The largest absolute Gasteiger partial charge is 0.365 e. The van der Waals surface area contributed by atoms with Crippen molar-refractivity contribution in [3.8, 4) is 6.07 Å². The first-order chi connectivity index (χ1) is 15.4. The zero-order valence-electron chi connectivity index (χ0n) is 17.4. The topological polar surface area (TPSA) is 67.6 Å². The maximum atomic E-state index is 13.9. The van der Waals surface area contributed by atoms with Gasteiger partial charge in [-0.2, -0.15) is 5.26 Å². The van der Waals surface area contributed by atoms with Gasteiger partial charge in [0.1, 0.15) is 0 Å². The number of amides is 2. The number of carbonyl (C=O) groups is 1. The van der Waals surface area contributed by atoms with Crippen molar-refractivity contribution < 1.29 is 9.90 Å². The summed E-state index contributed by atoms with van der Waals surface area (Å²) in [5.41, 5.74) is 0.285. The molecule has 0 aliphatic carbocycles. The average molecular weight is 466 g/mol. The molecule has 32 heavy (non-hydrogen) atoms. The third-order valence-electron chi connectivity index (χ3n) is 5.68. The van der Waals surface area contributed by atoms with Crippen LogP contribution in [-0.2, 0) is 5.72 Å². The molecule has 1 saturated heterocycles. The minimum absolute atomic E-state index is 0.377. The number of aliphatic hydroxyl groups is 1. The molecule has 4 rings (SSSR count). The third-order valence-corrected chi connectivity index (χ3v) is 6.19. The smallest absolute Gasteiger partial charge is 0.332 e.